The molecule has 1 aliphatic heterocycles. The molecule has 2 rings (SSSR count). The number of hydrogen-bond donors (Lipinski definition) is 2. The van der Waals surface area contributed by atoms with Crippen LogP contribution in [0.25, 0.3) is 0 Å². The first-order chi connectivity index (χ1) is 10.0. The molecule has 0 aromatic heterocycles. The third-order valence-corrected chi connectivity index (χ3v) is 3.95. The van der Waals surface area contributed by atoms with Gasteiger partial charge in [-0.2, -0.15) is 0 Å². The van der Waals surface area contributed by atoms with Crippen LogP contribution in [0.4, 0.5) is 0 Å². The second kappa shape index (κ2) is 6.91. The van der Waals surface area contributed by atoms with E-state index in [0.717, 1.165) is 17.7 Å². The lowest BCUT2D eigenvalue weighted by atomic mass is 9.90. The molecule has 1 heterocycles. The number of methoxy groups -OCH3 is 1. The van der Waals surface area contributed by atoms with Crippen molar-refractivity contribution in [2.24, 2.45) is 5.73 Å². The van der Waals surface area contributed by atoms with Crippen LogP contribution in [0.3, 0.4) is 0 Å². The summed E-state index contributed by atoms with van der Waals surface area (Å²) in [5.74, 6) is 0.765. The number of carbonyl (C=O) groups is 1. The maximum absolute atomic E-state index is 12.2. The molecule has 5 heteroatoms. The van der Waals surface area contributed by atoms with Crippen molar-refractivity contribution in [2.75, 3.05) is 26.9 Å². The van der Waals surface area contributed by atoms with E-state index in [2.05, 4.69) is 11.4 Å². The average molecular weight is 292 g/mol. The molecule has 0 aliphatic carbocycles. The molecule has 3 N–H and O–H groups in total. The van der Waals surface area contributed by atoms with Crippen molar-refractivity contribution in [3.63, 3.8) is 0 Å². The number of ether oxygens (including phenoxy) is 2. The van der Waals surface area contributed by atoms with Crippen LogP contribution >= 0.6 is 0 Å². The lowest BCUT2D eigenvalue weighted by Gasteiger charge is -2.31. The molecule has 0 bridgehead atoms. The van der Waals surface area contributed by atoms with Crippen LogP contribution in [0.2, 0.25) is 0 Å². The van der Waals surface area contributed by atoms with E-state index < -0.39 is 5.54 Å². The van der Waals surface area contributed by atoms with Gasteiger partial charge < -0.3 is 20.5 Å². The quantitative estimate of drug-likeness (QED) is 0.854. The zero-order valence-electron chi connectivity index (χ0n) is 12.8. The summed E-state index contributed by atoms with van der Waals surface area (Å²) in [7, 11) is 1.66. The highest BCUT2D eigenvalue weighted by atomic mass is 16.5. The predicted molar refractivity (Wildman–Crippen MR) is 81.4 cm³/mol. The molecule has 1 saturated heterocycles. The summed E-state index contributed by atoms with van der Waals surface area (Å²) in [5, 5.41) is 2.94. The van der Waals surface area contributed by atoms with E-state index in [1.165, 1.54) is 5.56 Å². The normalized spacial score (nSPS) is 17.3. The molecule has 1 amide bonds. The molecule has 1 aromatic rings. The third-order valence-electron chi connectivity index (χ3n) is 3.95. The Morgan fingerprint density at radius 3 is 2.81 bits per heavy atom. The van der Waals surface area contributed by atoms with Crippen LogP contribution in [0.1, 0.15) is 24.0 Å². The van der Waals surface area contributed by atoms with Gasteiger partial charge in [0.1, 0.15) is 5.75 Å². The highest BCUT2D eigenvalue weighted by Crippen LogP contribution is 2.20. The van der Waals surface area contributed by atoms with Gasteiger partial charge >= 0.3 is 0 Å². The smallest absolute Gasteiger partial charge is 0.240 e. The van der Waals surface area contributed by atoms with Gasteiger partial charge in [-0.25, -0.2) is 0 Å². The van der Waals surface area contributed by atoms with Gasteiger partial charge in [0.15, 0.2) is 0 Å². The first kappa shape index (κ1) is 15.8. The van der Waals surface area contributed by atoms with Crippen LogP contribution in [0.5, 0.6) is 5.75 Å². The minimum atomic E-state index is -0.783. The molecule has 116 valence electrons. The predicted octanol–water partition coefficient (Wildman–Crippen LogP) is 1.17. The number of amides is 1. The zero-order chi connectivity index (χ0) is 15.3. The minimum absolute atomic E-state index is 0.0857. The summed E-state index contributed by atoms with van der Waals surface area (Å²) in [5.41, 5.74) is 7.63. The topological polar surface area (TPSA) is 73.6 Å². The van der Waals surface area contributed by atoms with Gasteiger partial charge in [-0.1, -0.05) is 17.7 Å². The lowest BCUT2D eigenvalue weighted by Crippen LogP contribution is -2.57. The maximum Gasteiger partial charge on any atom is 0.240 e. The molecule has 21 heavy (non-hydrogen) atoms. The zero-order valence-corrected chi connectivity index (χ0v) is 12.8. The van der Waals surface area contributed by atoms with Crippen LogP contribution in [-0.2, 0) is 16.0 Å². The van der Waals surface area contributed by atoms with Gasteiger partial charge in [0.05, 0.1) is 12.6 Å². The Labute approximate surface area is 125 Å². The first-order valence-corrected chi connectivity index (χ1v) is 7.33. The Morgan fingerprint density at radius 1 is 1.43 bits per heavy atom. The van der Waals surface area contributed by atoms with Gasteiger partial charge in [-0.3, -0.25) is 4.79 Å². The molecule has 0 unspecified atom stereocenters. The molecule has 5 nitrogen and oxygen atoms in total. The number of benzene rings is 1. The first-order valence-electron chi connectivity index (χ1n) is 7.33. The number of nitrogens with one attached hydrogen (secondary N) is 1. The number of nitrogens with two attached hydrogens (primary N) is 1. The van der Waals surface area contributed by atoms with Crippen LogP contribution in [-0.4, -0.2) is 38.3 Å². The monoisotopic (exact) mass is 292 g/mol. The second-order valence-corrected chi connectivity index (χ2v) is 5.59. The summed E-state index contributed by atoms with van der Waals surface area (Å²) in [6.45, 7) is 3.70. The number of rotatable bonds is 5. The summed E-state index contributed by atoms with van der Waals surface area (Å²) in [6.07, 6.45) is 1.88. The Bertz CT molecular complexity index is 496. The fourth-order valence-corrected chi connectivity index (χ4v) is 2.55. The van der Waals surface area contributed by atoms with E-state index in [1.54, 1.807) is 7.11 Å². The van der Waals surface area contributed by atoms with Crippen LogP contribution in [0.15, 0.2) is 18.2 Å². The van der Waals surface area contributed by atoms with Gasteiger partial charge in [-0.15, -0.1) is 0 Å². The molecular weight excluding hydrogens is 268 g/mol. The van der Waals surface area contributed by atoms with Crippen LogP contribution in [0, 0.1) is 6.92 Å². The SMILES string of the molecule is COc1ccc(C)cc1CCNC(=O)C1(N)CCOCC1. The van der Waals surface area contributed by atoms with Crippen molar-refractivity contribution < 1.29 is 14.3 Å². The van der Waals surface area contributed by atoms with Crippen molar-refractivity contribution in [1.29, 1.82) is 0 Å². The third kappa shape index (κ3) is 3.95. The Hall–Kier alpha value is -1.59. The van der Waals surface area contributed by atoms with Crippen molar-refractivity contribution >= 4 is 5.91 Å². The van der Waals surface area contributed by atoms with E-state index in [0.29, 0.717) is 32.6 Å². The summed E-state index contributed by atoms with van der Waals surface area (Å²) >= 11 is 0. The van der Waals surface area contributed by atoms with E-state index in [4.69, 9.17) is 15.2 Å². The highest BCUT2D eigenvalue weighted by molar-refractivity contribution is 5.86. The van der Waals surface area contributed by atoms with E-state index in [-0.39, 0.29) is 5.91 Å². The molecule has 1 aromatic carbocycles. The molecule has 0 radical (unpaired) electrons. The Kier molecular flexibility index (Phi) is 5.20. The largest absolute Gasteiger partial charge is 0.496 e. The van der Waals surface area contributed by atoms with Crippen molar-refractivity contribution in [3.8, 4) is 5.75 Å². The molecule has 0 atom stereocenters. The Balaban J connectivity index is 1.89. The molecule has 1 aliphatic rings. The van der Waals surface area contributed by atoms with Crippen molar-refractivity contribution in [1.82, 2.24) is 5.32 Å². The van der Waals surface area contributed by atoms with Gasteiger partial charge in [0.2, 0.25) is 5.91 Å². The van der Waals surface area contributed by atoms with E-state index in [9.17, 15) is 4.79 Å². The summed E-state index contributed by atoms with van der Waals surface area (Å²) in [6, 6.07) is 6.05. The number of hydrogen-bond acceptors (Lipinski definition) is 4. The standard InChI is InChI=1S/C16H24N2O3/c1-12-3-4-14(20-2)13(11-12)5-8-18-15(19)16(17)6-9-21-10-7-16/h3-4,11H,5-10,17H2,1-2H3,(H,18,19). The van der Waals surface area contributed by atoms with Crippen molar-refractivity contribution in [3.05, 3.63) is 29.3 Å². The Morgan fingerprint density at radius 2 is 2.14 bits per heavy atom. The van der Waals surface area contributed by atoms with Gasteiger partial charge in [0, 0.05) is 19.8 Å². The summed E-state index contributed by atoms with van der Waals surface area (Å²) in [4.78, 5) is 12.2. The van der Waals surface area contributed by atoms with Crippen LogP contribution < -0.4 is 15.8 Å². The average Bonchev–Trinajstić information content (AvgIpc) is 2.48. The maximum atomic E-state index is 12.2. The molecular formula is C16H24N2O3. The van der Waals surface area contributed by atoms with E-state index >= 15 is 0 Å². The molecule has 1 fully saturated rings. The van der Waals surface area contributed by atoms with Gasteiger partial charge in [-0.05, 0) is 37.8 Å². The van der Waals surface area contributed by atoms with Gasteiger partial charge in [0.25, 0.3) is 0 Å². The number of carbonyl (C=O) groups excluding carboxylic acids is 1. The van der Waals surface area contributed by atoms with E-state index in [1.807, 2.05) is 19.1 Å². The fourth-order valence-electron chi connectivity index (χ4n) is 2.55. The molecule has 0 saturated carbocycles. The fraction of sp³-hybridized carbons (Fsp3) is 0.562. The second-order valence-electron chi connectivity index (χ2n) is 5.59. The lowest BCUT2D eigenvalue weighted by molar-refractivity contribution is -0.129. The minimum Gasteiger partial charge on any atom is -0.496 e. The summed E-state index contributed by atoms with van der Waals surface area (Å²) < 4.78 is 10.6. The number of aryl methyl sites for hydroxylation is 1. The molecule has 0 spiro atoms. The van der Waals surface area contributed by atoms with Crippen molar-refractivity contribution in [2.45, 2.75) is 31.7 Å². The highest BCUT2D eigenvalue weighted by Gasteiger charge is 2.35.